The van der Waals surface area contributed by atoms with Crippen LogP contribution in [0.15, 0.2) is 35.8 Å². The highest BCUT2D eigenvalue weighted by Gasteiger charge is 2.12. The van der Waals surface area contributed by atoms with Crippen LogP contribution >= 0.6 is 11.3 Å². The van der Waals surface area contributed by atoms with Crippen LogP contribution in [0.3, 0.4) is 0 Å². The predicted molar refractivity (Wildman–Crippen MR) is 77.0 cm³/mol. The van der Waals surface area contributed by atoms with Gasteiger partial charge in [0.2, 0.25) is 0 Å². The molecule has 1 atom stereocenters. The lowest BCUT2D eigenvalue weighted by atomic mass is 10.1. The summed E-state index contributed by atoms with van der Waals surface area (Å²) >= 11 is 1.64. The fourth-order valence-electron chi connectivity index (χ4n) is 1.94. The molecule has 0 fully saturated rings. The van der Waals surface area contributed by atoms with Gasteiger partial charge in [0, 0.05) is 17.5 Å². The molecule has 5 heteroatoms. The molecule has 0 aliphatic rings. The first-order chi connectivity index (χ1) is 9.22. The first kappa shape index (κ1) is 12.2. The Morgan fingerprint density at radius 2 is 2.00 bits per heavy atom. The molecule has 2 N–H and O–H groups in total. The fourth-order valence-corrected chi connectivity index (χ4v) is 2.77. The van der Waals surface area contributed by atoms with Gasteiger partial charge < -0.3 is 5.73 Å². The highest BCUT2D eigenvalue weighted by Crippen LogP contribution is 2.18. The standard InChI is InChI=1S/C14H14N4S/c1-9-8-19-14(17-9)6-10(15)13-7-16-11-4-2-3-5-12(11)18-13/h2-5,7-8,10H,6,15H2,1H3. The topological polar surface area (TPSA) is 64.7 Å². The number of para-hydroxylation sites is 2. The minimum atomic E-state index is -0.164. The minimum absolute atomic E-state index is 0.164. The van der Waals surface area contributed by atoms with Crippen LogP contribution in [0.4, 0.5) is 0 Å². The summed E-state index contributed by atoms with van der Waals surface area (Å²) in [5.41, 5.74) is 9.81. The van der Waals surface area contributed by atoms with Gasteiger partial charge in [-0.25, -0.2) is 9.97 Å². The molecular weight excluding hydrogens is 256 g/mol. The van der Waals surface area contributed by atoms with Crippen molar-refractivity contribution in [2.24, 2.45) is 5.73 Å². The lowest BCUT2D eigenvalue weighted by Crippen LogP contribution is -2.15. The van der Waals surface area contributed by atoms with Gasteiger partial charge in [0.05, 0.1) is 34.0 Å². The number of fused-ring (bicyclic) bond motifs is 1. The van der Waals surface area contributed by atoms with Crippen LogP contribution in [-0.4, -0.2) is 15.0 Å². The number of aryl methyl sites for hydroxylation is 1. The molecule has 96 valence electrons. The molecule has 0 saturated carbocycles. The Bertz CT molecular complexity index is 707. The maximum Gasteiger partial charge on any atom is 0.0947 e. The van der Waals surface area contributed by atoms with Crippen molar-refractivity contribution < 1.29 is 0 Å². The minimum Gasteiger partial charge on any atom is -0.322 e. The van der Waals surface area contributed by atoms with Crippen LogP contribution in [0, 0.1) is 6.92 Å². The normalized spacial score (nSPS) is 12.7. The van der Waals surface area contributed by atoms with E-state index in [0.717, 1.165) is 27.4 Å². The number of hydrogen-bond acceptors (Lipinski definition) is 5. The first-order valence-electron chi connectivity index (χ1n) is 6.10. The Labute approximate surface area is 115 Å². The van der Waals surface area contributed by atoms with Crippen molar-refractivity contribution in [1.29, 1.82) is 0 Å². The monoisotopic (exact) mass is 270 g/mol. The molecule has 2 heterocycles. The van der Waals surface area contributed by atoms with Crippen molar-refractivity contribution in [3.8, 4) is 0 Å². The summed E-state index contributed by atoms with van der Waals surface area (Å²) in [5, 5.41) is 3.08. The second kappa shape index (κ2) is 5.03. The third-order valence-corrected chi connectivity index (χ3v) is 3.90. The zero-order valence-electron chi connectivity index (χ0n) is 10.6. The molecule has 3 aromatic rings. The van der Waals surface area contributed by atoms with Crippen LogP contribution in [-0.2, 0) is 6.42 Å². The molecule has 2 aromatic heterocycles. The molecule has 1 aromatic carbocycles. The highest BCUT2D eigenvalue weighted by atomic mass is 32.1. The maximum absolute atomic E-state index is 6.19. The SMILES string of the molecule is Cc1csc(CC(N)c2cnc3ccccc3n2)n1. The van der Waals surface area contributed by atoms with Crippen molar-refractivity contribution in [3.63, 3.8) is 0 Å². The van der Waals surface area contributed by atoms with Crippen LogP contribution in [0.2, 0.25) is 0 Å². The number of aromatic nitrogens is 3. The maximum atomic E-state index is 6.19. The molecule has 0 bridgehead atoms. The lowest BCUT2D eigenvalue weighted by Gasteiger charge is -2.09. The van der Waals surface area contributed by atoms with Crippen LogP contribution < -0.4 is 5.73 Å². The van der Waals surface area contributed by atoms with E-state index >= 15 is 0 Å². The second-order valence-corrected chi connectivity index (χ2v) is 5.42. The molecule has 0 spiro atoms. The van der Waals surface area contributed by atoms with E-state index in [2.05, 4.69) is 15.0 Å². The predicted octanol–water partition coefficient (Wildman–Crippen LogP) is 2.64. The Hall–Kier alpha value is -1.85. The van der Waals surface area contributed by atoms with Crippen LogP contribution in [0.1, 0.15) is 22.4 Å². The number of rotatable bonds is 3. The van der Waals surface area contributed by atoms with Gasteiger partial charge in [0.25, 0.3) is 0 Å². The molecular formula is C14H14N4S. The molecule has 0 radical (unpaired) electrons. The average molecular weight is 270 g/mol. The summed E-state index contributed by atoms with van der Waals surface area (Å²) < 4.78 is 0. The Morgan fingerprint density at radius 3 is 2.74 bits per heavy atom. The second-order valence-electron chi connectivity index (χ2n) is 4.48. The Morgan fingerprint density at radius 1 is 1.21 bits per heavy atom. The first-order valence-corrected chi connectivity index (χ1v) is 6.98. The number of nitrogens with zero attached hydrogens (tertiary/aromatic N) is 3. The number of nitrogens with two attached hydrogens (primary N) is 1. The molecule has 0 aliphatic carbocycles. The van der Waals surface area contributed by atoms with Crippen molar-refractivity contribution in [3.05, 3.63) is 52.2 Å². The van der Waals surface area contributed by atoms with Crippen molar-refractivity contribution in [1.82, 2.24) is 15.0 Å². The molecule has 1 unspecified atom stereocenters. The van der Waals surface area contributed by atoms with Gasteiger partial charge in [-0.15, -0.1) is 11.3 Å². The summed E-state index contributed by atoms with van der Waals surface area (Å²) in [6, 6.07) is 7.64. The van der Waals surface area contributed by atoms with E-state index in [9.17, 15) is 0 Å². The van der Waals surface area contributed by atoms with Crippen LogP contribution in [0.25, 0.3) is 11.0 Å². The van der Waals surface area contributed by atoms with Crippen molar-refractivity contribution >= 4 is 22.4 Å². The van der Waals surface area contributed by atoms with Crippen LogP contribution in [0.5, 0.6) is 0 Å². The van der Waals surface area contributed by atoms with E-state index < -0.39 is 0 Å². The molecule has 3 rings (SSSR count). The fraction of sp³-hybridized carbons (Fsp3) is 0.214. The smallest absolute Gasteiger partial charge is 0.0947 e. The van der Waals surface area contributed by atoms with Crippen molar-refractivity contribution in [2.75, 3.05) is 0 Å². The third kappa shape index (κ3) is 2.62. The van der Waals surface area contributed by atoms with E-state index in [1.165, 1.54) is 0 Å². The van der Waals surface area contributed by atoms with E-state index in [0.29, 0.717) is 6.42 Å². The summed E-state index contributed by atoms with van der Waals surface area (Å²) in [6.45, 7) is 1.99. The number of benzene rings is 1. The van der Waals surface area contributed by atoms with E-state index in [-0.39, 0.29) is 6.04 Å². The zero-order valence-corrected chi connectivity index (χ0v) is 11.4. The van der Waals surface area contributed by atoms with Gasteiger partial charge in [0.1, 0.15) is 0 Å². The Balaban J connectivity index is 1.86. The summed E-state index contributed by atoms with van der Waals surface area (Å²) in [4.78, 5) is 13.4. The van der Waals surface area contributed by atoms with Gasteiger partial charge in [0.15, 0.2) is 0 Å². The van der Waals surface area contributed by atoms with E-state index in [1.54, 1.807) is 17.5 Å². The lowest BCUT2D eigenvalue weighted by molar-refractivity contribution is 0.692. The largest absolute Gasteiger partial charge is 0.322 e. The number of hydrogen-bond donors (Lipinski definition) is 1. The number of thiazole rings is 1. The van der Waals surface area contributed by atoms with Gasteiger partial charge in [-0.3, -0.25) is 4.98 Å². The molecule has 0 amide bonds. The summed E-state index contributed by atoms with van der Waals surface area (Å²) in [5.74, 6) is 0. The average Bonchev–Trinajstić information content (AvgIpc) is 2.83. The summed E-state index contributed by atoms with van der Waals surface area (Å²) in [6.07, 6.45) is 2.46. The van der Waals surface area contributed by atoms with Gasteiger partial charge in [-0.2, -0.15) is 0 Å². The molecule has 19 heavy (non-hydrogen) atoms. The van der Waals surface area contributed by atoms with Gasteiger partial charge >= 0.3 is 0 Å². The molecule has 4 nitrogen and oxygen atoms in total. The van der Waals surface area contributed by atoms with E-state index in [1.807, 2.05) is 36.6 Å². The molecule has 0 aliphatic heterocycles. The summed E-state index contributed by atoms with van der Waals surface area (Å²) in [7, 11) is 0. The third-order valence-electron chi connectivity index (χ3n) is 2.91. The zero-order chi connectivity index (χ0) is 13.2. The van der Waals surface area contributed by atoms with Crippen molar-refractivity contribution in [2.45, 2.75) is 19.4 Å². The molecule has 0 saturated heterocycles. The van der Waals surface area contributed by atoms with Gasteiger partial charge in [-0.1, -0.05) is 12.1 Å². The van der Waals surface area contributed by atoms with E-state index in [4.69, 9.17) is 5.73 Å². The quantitative estimate of drug-likeness (QED) is 0.794. The Kier molecular flexibility index (Phi) is 3.23. The highest BCUT2D eigenvalue weighted by molar-refractivity contribution is 7.09. The van der Waals surface area contributed by atoms with Gasteiger partial charge in [-0.05, 0) is 19.1 Å².